The van der Waals surface area contributed by atoms with E-state index in [1.807, 2.05) is 17.0 Å². The molecule has 3 aromatic rings. The molecule has 3 aromatic heterocycles. The van der Waals surface area contributed by atoms with Gasteiger partial charge in [-0.05, 0) is 26.0 Å². The van der Waals surface area contributed by atoms with E-state index in [1.54, 1.807) is 36.9 Å². The number of ether oxygens (including phenoxy) is 1. The van der Waals surface area contributed by atoms with E-state index in [9.17, 15) is 4.79 Å². The van der Waals surface area contributed by atoms with Gasteiger partial charge in [-0.15, -0.1) is 11.3 Å². The van der Waals surface area contributed by atoms with Gasteiger partial charge in [0.25, 0.3) is 5.91 Å². The first-order valence-corrected chi connectivity index (χ1v) is 9.76. The second-order valence-corrected chi connectivity index (χ2v) is 7.75. The van der Waals surface area contributed by atoms with Crippen LogP contribution in [0.15, 0.2) is 36.8 Å². The van der Waals surface area contributed by atoms with Crippen LogP contribution in [0.3, 0.4) is 0 Å². The van der Waals surface area contributed by atoms with Gasteiger partial charge in [0.05, 0.1) is 5.39 Å². The number of carbonyl (C=O) groups excluding carboxylic acids is 1. The molecule has 0 saturated carbocycles. The first-order valence-electron chi connectivity index (χ1n) is 8.94. The Labute approximate surface area is 161 Å². The van der Waals surface area contributed by atoms with Crippen LogP contribution in [-0.2, 0) is 4.79 Å². The Morgan fingerprint density at radius 1 is 1.19 bits per heavy atom. The van der Waals surface area contributed by atoms with Crippen LogP contribution in [0.25, 0.3) is 10.2 Å². The van der Waals surface area contributed by atoms with E-state index in [0.717, 1.165) is 29.1 Å². The summed E-state index contributed by atoms with van der Waals surface area (Å²) < 4.78 is 5.67. The monoisotopic (exact) mass is 383 g/mol. The van der Waals surface area contributed by atoms with Gasteiger partial charge in [0, 0.05) is 43.3 Å². The van der Waals surface area contributed by atoms with Crippen molar-refractivity contribution in [3.05, 3.63) is 41.7 Å². The summed E-state index contributed by atoms with van der Waals surface area (Å²) in [5.41, 5.74) is 0. The van der Waals surface area contributed by atoms with Crippen molar-refractivity contribution in [2.75, 3.05) is 31.1 Å². The molecule has 1 saturated heterocycles. The summed E-state index contributed by atoms with van der Waals surface area (Å²) in [6.07, 6.45) is 2.71. The Morgan fingerprint density at radius 2 is 2.00 bits per heavy atom. The summed E-state index contributed by atoms with van der Waals surface area (Å²) in [6, 6.07) is 7.55. The van der Waals surface area contributed by atoms with E-state index >= 15 is 0 Å². The lowest BCUT2D eigenvalue weighted by atomic mass is 10.2. The maximum atomic E-state index is 12.7. The predicted octanol–water partition coefficient (Wildman–Crippen LogP) is 2.51. The van der Waals surface area contributed by atoms with Crippen molar-refractivity contribution in [2.45, 2.75) is 20.0 Å². The zero-order chi connectivity index (χ0) is 18.8. The van der Waals surface area contributed by atoms with E-state index in [1.165, 1.54) is 4.88 Å². The molecule has 140 valence electrons. The van der Waals surface area contributed by atoms with Gasteiger partial charge in [-0.3, -0.25) is 4.79 Å². The van der Waals surface area contributed by atoms with Crippen molar-refractivity contribution >= 4 is 33.3 Å². The number of aromatic nitrogens is 3. The van der Waals surface area contributed by atoms with E-state index < -0.39 is 6.10 Å². The van der Waals surface area contributed by atoms with E-state index in [0.29, 0.717) is 19.0 Å². The molecule has 8 heteroatoms. The molecule has 7 nitrogen and oxygen atoms in total. The fraction of sp³-hybridized carbons (Fsp3) is 0.368. The third kappa shape index (κ3) is 3.71. The Hall–Kier alpha value is -2.74. The number of amides is 1. The number of hydrogen-bond donors (Lipinski definition) is 0. The number of nitrogens with zero attached hydrogens (tertiary/aromatic N) is 5. The number of pyridine rings is 1. The van der Waals surface area contributed by atoms with Gasteiger partial charge in [-0.1, -0.05) is 6.07 Å². The van der Waals surface area contributed by atoms with Gasteiger partial charge in [-0.2, -0.15) is 0 Å². The molecule has 0 spiro atoms. The van der Waals surface area contributed by atoms with Gasteiger partial charge in [0.1, 0.15) is 17.0 Å². The molecule has 0 N–H and O–H groups in total. The third-order valence-electron chi connectivity index (χ3n) is 4.61. The maximum absolute atomic E-state index is 12.7. The van der Waals surface area contributed by atoms with Gasteiger partial charge in [-0.25, -0.2) is 15.0 Å². The lowest BCUT2D eigenvalue weighted by Crippen LogP contribution is -2.52. The molecule has 1 aliphatic heterocycles. The second-order valence-electron chi connectivity index (χ2n) is 6.51. The van der Waals surface area contributed by atoms with Crippen LogP contribution in [0, 0.1) is 6.92 Å². The quantitative estimate of drug-likeness (QED) is 0.689. The second kappa shape index (κ2) is 7.48. The van der Waals surface area contributed by atoms with Crippen molar-refractivity contribution in [1.29, 1.82) is 0 Å². The molecule has 4 heterocycles. The van der Waals surface area contributed by atoms with Gasteiger partial charge in [0.15, 0.2) is 6.10 Å². The molecule has 0 radical (unpaired) electrons. The lowest BCUT2D eigenvalue weighted by Gasteiger charge is -2.36. The number of anilines is 1. The van der Waals surface area contributed by atoms with E-state index in [2.05, 4.69) is 32.8 Å². The van der Waals surface area contributed by atoms with Crippen molar-refractivity contribution < 1.29 is 9.53 Å². The summed E-state index contributed by atoms with van der Waals surface area (Å²) >= 11 is 1.68. The Morgan fingerprint density at radius 3 is 2.74 bits per heavy atom. The predicted molar refractivity (Wildman–Crippen MR) is 105 cm³/mol. The van der Waals surface area contributed by atoms with Crippen molar-refractivity contribution in [1.82, 2.24) is 19.9 Å². The highest BCUT2D eigenvalue weighted by Crippen LogP contribution is 2.30. The molecule has 0 bridgehead atoms. The van der Waals surface area contributed by atoms with Crippen LogP contribution in [-0.4, -0.2) is 58.0 Å². The van der Waals surface area contributed by atoms with Crippen LogP contribution < -0.4 is 9.64 Å². The highest BCUT2D eigenvalue weighted by atomic mass is 32.1. The van der Waals surface area contributed by atoms with Crippen LogP contribution in [0.5, 0.6) is 5.88 Å². The van der Waals surface area contributed by atoms with Crippen LogP contribution in [0.4, 0.5) is 5.82 Å². The highest BCUT2D eigenvalue weighted by Gasteiger charge is 2.27. The fourth-order valence-corrected chi connectivity index (χ4v) is 4.10. The number of aryl methyl sites for hydroxylation is 1. The number of thiophene rings is 1. The van der Waals surface area contributed by atoms with Crippen LogP contribution >= 0.6 is 11.3 Å². The normalized spacial score (nSPS) is 15.8. The topological polar surface area (TPSA) is 71.5 Å². The minimum atomic E-state index is -0.559. The van der Waals surface area contributed by atoms with Crippen LogP contribution in [0.2, 0.25) is 0 Å². The van der Waals surface area contributed by atoms with Crippen molar-refractivity contribution in [3.8, 4) is 5.88 Å². The van der Waals surface area contributed by atoms with Gasteiger partial charge < -0.3 is 14.5 Å². The summed E-state index contributed by atoms with van der Waals surface area (Å²) in [5.74, 6) is 1.40. The van der Waals surface area contributed by atoms with Crippen molar-refractivity contribution in [3.63, 3.8) is 0 Å². The summed E-state index contributed by atoms with van der Waals surface area (Å²) in [5, 5.41) is 1.09. The standard InChI is InChI=1S/C19H21N5O2S/c1-13-11-15-17(21-12-22-18(15)27-13)23-7-9-24(10-8-23)19(25)14(2)26-16-5-3-4-6-20-16/h3-6,11-12,14H,7-10H2,1-2H3. The number of rotatable bonds is 4. The minimum Gasteiger partial charge on any atom is -0.465 e. The molecule has 1 unspecified atom stereocenters. The zero-order valence-corrected chi connectivity index (χ0v) is 16.1. The SMILES string of the molecule is Cc1cc2c(N3CCN(C(=O)C(C)Oc4ccccn4)CC3)ncnc2s1. The molecule has 1 atom stereocenters. The lowest BCUT2D eigenvalue weighted by molar-refractivity contribution is -0.138. The van der Waals surface area contributed by atoms with E-state index in [-0.39, 0.29) is 5.91 Å². The largest absolute Gasteiger partial charge is 0.465 e. The third-order valence-corrected chi connectivity index (χ3v) is 5.56. The maximum Gasteiger partial charge on any atom is 0.263 e. The highest BCUT2D eigenvalue weighted by molar-refractivity contribution is 7.18. The molecule has 1 fully saturated rings. The first-order chi connectivity index (χ1) is 13.1. The molecule has 1 aliphatic rings. The Kier molecular flexibility index (Phi) is 4.89. The zero-order valence-electron chi connectivity index (χ0n) is 15.3. The Balaban J connectivity index is 1.40. The minimum absolute atomic E-state index is 0.0143. The van der Waals surface area contributed by atoms with Crippen molar-refractivity contribution in [2.24, 2.45) is 0 Å². The molecule has 27 heavy (non-hydrogen) atoms. The average Bonchev–Trinajstić information content (AvgIpc) is 3.08. The number of hydrogen-bond acceptors (Lipinski definition) is 7. The summed E-state index contributed by atoms with van der Waals surface area (Å²) in [6.45, 7) is 6.61. The molecule has 1 amide bonds. The first kappa shape index (κ1) is 17.7. The number of carbonyl (C=O) groups is 1. The fourth-order valence-electron chi connectivity index (χ4n) is 3.26. The molecular weight excluding hydrogens is 362 g/mol. The molecular formula is C19H21N5O2S. The summed E-state index contributed by atoms with van der Waals surface area (Å²) in [4.78, 5) is 32.0. The number of fused-ring (bicyclic) bond motifs is 1. The number of piperazine rings is 1. The summed E-state index contributed by atoms with van der Waals surface area (Å²) in [7, 11) is 0. The Bertz CT molecular complexity index is 938. The van der Waals surface area contributed by atoms with Gasteiger partial charge in [0.2, 0.25) is 5.88 Å². The molecule has 0 aliphatic carbocycles. The van der Waals surface area contributed by atoms with Crippen LogP contribution in [0.1, 0.15) is 11.8 Å². The molecule has 0 aromatic carbocycles. The van der Waals surface area contributed by atoms with E-state index in [4.69, 9.17) is 4.74 Å². The molecule has 4 rings (SSSR count). The average molecular weight is 383 g/mol. The smallest absolute Gasteiger partial charge is 0.263 e. The van der Waals surface area contributed by atoms with Gasteiger partial charge >= 0.3 is 0 Å².